The molecule has 1 heterocycles. The Morgan fingerprint density at radius 1 is 1.44 bits per heavy atom. The van der Waals surface area contributed by atoms with Crippen molar-refractivity contribution in [2.75, 3.05) is 6.61 Å². The third-order valence-corrected chi connectivity index (χ3v) is 3.50. The number of benzene rings is 1. The van der Waals surface area contributed by atoms with Gasteiger partial charge in [0.1, 0.15) is 0 Å². The van der Waals surface area contributed by atoms with Crippen LogP contribution >= 0.6 is 23.2 Å². The highest BCUT2D eigenvalue weighted by Crippen LogP contribution is 2.24. The maximum absolute atomic E-state index is 6.10. The number of hydrogen-bond donors (Lipinski definition) is 1. The van der Waals surface area contributed by atoms with Crippen LogP contribution in [0, 0.1) is 0 Å². The first-order valence-corrected chi connectivity index (χ1v) is 6.23. The second-order valence-corrected chi connectivity index (χ2v) is 5.00. The zero-order chi connectivity index (χ0) is 11.5. The Labute approximate surface area is 106 Å². The lowest BCUT2D eigenvalue weighted by molar-refractivity contribution is 0.0900. The molecule has 1 fully saturated rings. The van der Waals surface area contributed by atoms with E-state index in [4.69, 9.17) is 33.7 Å². The van der Waals surface area contributed by atoms with E-state index in [1.54, 1.807) is 6.07 Å². The number of rotatable bonds is 3. The molecule has 1 aliphatic heterocycles. The summed E-state index contributed by atoms with van der Waals surface area (Å²) in [5.74, 6) is 0. The summed E-state index contributed by atoms with van der Waals surface area (Å²) in [6.07, 6.45) is 3.06. The molecule has 0 amide bonds. The molecule has 16 heavy (non-hydrogen) atoms. The summed E-state index contributed by atoms with van der Waals surface area (Å²) < 4.78 is 5.56. The van der Waals surface area contributed by atoms with Gasteiger partial charge in [-0.05, 0) is 37.0 Å². The molecule has 2 atom stereocenters. The Morgan fingerprint density at radius 3 is 2.88 bits per heavy atom. The van der Waals surface area contributed by atoms with E-state index in [2.05, 4.69) is 0 Å². The van der Waals surface area contributed by atoms with Crippen LogP contribution in [0.4, 0.5) is 0 Å². The van der Waals surface area contributed by atoms with Crippen LogP contribution in [-0.2, 0) is 11.2 Å². The van der Waals surface area contributed by atoms with E-state index >= 15 is 0 Å². The zero-order valence-electron chi connectivity index (χ0n) is 8.96. The molecule has 0 spiro atoms. The van der Waals surface area contributed by atoms with E-state index in [9.17, 15) is 0 Å². The first-order chi connectivity index (χ1) is 7.66. The summed E-state index contributed by atoms with van der Waals surface area (Å²) in [5.41, 5.74) is 7.14. The average Bonchev–Trinajstić information content (AvgIpc) is 2.75. The van der Waals surface area contributed by atoms with Gasteiger partial charge in [0.2, 0.25) is 0 Å². The third-order valence-electron chi connectivity index (χ3n) is 2.91. The van der Waals surface area contributed by atoms with Gasteiger partial charge in [0.05, 0.1) is 6.10 Å². The summed E-state index contributed by atoms with van der Waals surface area (Å²) >= 11 is 11.9. The van der Waals surface area contributed by atoms with Gasteiger partial charge in [0.15, 0.2) is 0 Å². The Morgan fingerprint density at radius 2 is 2.25 bits per heavy atom. The predicted molar refractivity (Wildman–Crippen MR) is 67.1 cm³/mol. The molecule has 1 aromatic rings. The van der Waals surface area contributed by atoms with Crippen LogP contribution < -0.4 is 5.73 Å². The van der Waals surface area contributed by atoms with Crippen LogP contribution in [0.1, 0.15) is 18.4 Å². The lowest BCUT2D eigenvalue weighted by atomic mass is 10.0. The fraction of sp³-hybridized carbons (Fsp3) is 0.500. The van der Waals surface area contributed by atoms with E-state index in [1.165, 1.54) is 0 Å². The van der Waals surface area contributed by atoms with Crippen LogP contribution in [-0.4, -0.2) is 18.8 Å². The fourth-order valence-electron chi connectivity index (χ4n) is 2.01. The summed E-state index contributed by atoms with van der Waals surface area (Å²) in [6.45, 7) is 0.826. The zero-order valence-corrected chi connectivity index (χ0v) is 10.5. The minimum Gasteiger partial charge on any atom is -0.377 e. The number of ether oxygens (including phenoxy) is 1. The highest BCUT2D eigenvalue weighted by molar-refractivity contribution is 6.35. The normalized spacial score (nSPS) is 22.3. The summed E-state index contributed by atoms with van der Waals surface area (Å²) in [5, 5.41) is 1.33. The van der Waals surface area contributed by atoms with E-state index < -0.39 is 0 Å². The van der Waals surface area contributed by atoms with Gasteiger partial charge in [0, 0.05) is 22.7 Å². The van der Waals surface area contributed by atoms with Crippen molar-refractivity contribution in [1.29, 1.82) is 0 Å². The van der Waals surface area contributed by atoms with Gasteiger partial charge < -0.3 is 10.5 Å². The molecule has 1 aromatic carbocycles. The first-order valence-electron chi connectivity index (χ1n) is 5.48. The lowest BCUT2D eigenvalue weighted by Crippen LogP contribution is -2.36. The molecule has 0 saturated carbocycles. The van der Waals surface area contributed by atoms with Crippen molar-refractivity contribution in [1.82, 2.24) is 0 Å². The van der Waals surface area contributed by atoms with Crippen molar-refractivity contribution in [2.24, 2.45) is 5.73 Å². The average molecular weight is 260 g/mol. The SMILES string of the molecule is NC(Cc1ccc(Cl)cc1Cl)C1CCCO1. The van der Waals surface area contributed by atoms with Crippen molar-refractivity contribution in [3.63, 3.8) is 0 Å². The molecule has 0 radical (unpaired) electrons. The van der Waals surface area contributed by atoms with Crippen molar-refractivity contribution in [2.45, 2.75) is 31.4 Å². The molecular formula is C12H15Cl2NO. The molecule has 1 aliphatic rings. The molecule has 2 nitrogen and oxygen atoms in total. The number of hydrogen-bond acceptors (Lipinski definition) is 2. The number of halogens is 2. The summed E-state index contributed by atoms with van der Waals surface area (Å²) in [4.78, 5) is 0. The minimum absolute atomic E-state index is 0.0150. The van der Waals surface area contributed by atoms with E-state index in [0.717, 1.165) is 31.4 Å². The molecule has 0 aliphatic carbocycles. The quantitative estimate of drug-likeness (QED) is 0.906. The maximum Gasteiger partial charge on any atom is 0.0730 e. The second kappa shape index (κ2) is 5.37. The standard InChI is InChI=1S/C12H15Cl2NO/c13-9-4-3-8(10(14)7-9)6-11(15)12-2-1-5-16-12/h3-4,7,11-12H,1-2,5-6,15H2. The van der Waals surface area contributed by atoms with Gasteiger partial charge >= 0.3 is 0 Å². The Bertz CT molecular complexity index is 364. The van der Waals surface area contributed by atoms with Crippen molar-refractivity contribution in [3.05, 3.63) is 33.8 Å². The van der Waals surface area contributed by atoms with Crippen molar-refractivity contribution >= 4 is 23.2 Å². The molecule has 1 saturated heterocycles. The minimum atomic E-state index is 0.0150. The summed E-state index contributed by atoms with van der Waals surface area (Å²) in [6, 6.07) is 5.53. The molecule has 2 N–H and O–H groups in total. The molecular weight excluding hydrogens is 245 g/mol. The second-order valence-electron chi connectivity index (χ2n) is 4.16. The molecule has 2 rings (SSSR count). The van der Waals surface area contributed by atoms with Crippen molar-refractivity contribution in [3.8, 4) is 0 Å². The van der Waals surface area contributed by atoms with Crippen LogP contribution in [0.5, 0.6) is 0 Å². The highest BCUT2D eigenvalue weighted by Gasteiger charge is 2.23. The van der Waals surface area contributed by atoms with Crippen LogP contribution in [0.15, 0.2) is 18.2 Å². The van der Waals surface area contributed by atoms with Gasteiger partial charge in [-0.3, -0.25) is 0 Å². The highest BCUT2D eigenvalue weighted by atomic mass is 35.5. The van der Waals surface area contributed by atoms with Crippen molar-refractivity contribution < 1.29 is 4.74 Å². The van der Waals surface area contributed by atoms with Crippen LogP contribution in [0.2, 0.25) is 10.0 Å². The van der Waals surface area contributed by atoms with Crippen LogP contribution in [0.25, 0.3) is 0 Å². The molecule has 4 heteroatoms. The van der Waals surface area contributed by atoms with Gasteiger partial charge in [-0.1, -0.05) is 29.3 Å². The Balaban J connectivity index is 2.02. The topological polar surface area (TPSA) is 35.2 Å². The lowest BCUT2D eigenvalue weighted by Gasteiger charge is -2.19. The Hall–Kier alpha value is -0.280. The first kappa shape index (κ1) is 12.2. The largest absolute Gasteiger partial charge is 0.377 e. The molecule has 2 unspecified atom stereocenters. The van der Waals surface area contributed by atoms with Crippen LogP contribution in [0.3, 0.4) is 0 Å². The van der Waals surface area contributed by atoms with Gasteiger partial charge in [0.25, 0.3) is 0 Å². The summed E-state index contributed by atoms with van der Waals surface area (Å²) in [7, 11) is 0. The number of nitrogens with two attached hydrogens (primary N) is 1. The van der Waals surface area contributed by atoms with Gasteiger partial charge in [-0.2, -0.15) is 0 Å². The fourth-order valence-corrected chi connectivity index (χ4v) is 2.50. The van der Waals surface area contributed by atoms with E-state index in [0.29, 0.717) is 10.0 Å². The van der Waals surface area contributed by atoms with E-state index in [-0.39, 0.29) is 12.1 Å². The third kappa shape index (κ3) is 2.89. The van der Waals surface area contributed by atoms with E-state index in [1.807, 2.05) is 12.1 Å². The monoisotopic (exact) mass is 259 g/mol. The maximum atomic E-state index is 6.10. The molecule has 0 aromatic heterocycles. The molecule has 88 valence electrons. The molecule has 0 bridgehead atoms. The smallest absolute Gasteiger partial charge is 0.0730 e. The Kier molecular flexibility index (Phi) is 4.09. The van der Waals surface area contributed by atoms with Gasteiger partial charge in [-0.25, -0.2) is 0 Å². The van der Waals surface area contributed by atoms with Gasteiger partial charge in [-0.15, -0.1) is 0 Å². The predicted octanol–water partition coefficient (Wildman–Crippen LogP) is 3.04.